The molecule has 0 spiro atoms. The summed E-state index contributed by atoms with van der Waals surface area (Å²) >= 11 is 0. The summed E-state index contributed by atoms with van der Waals surface area (Å²) in [6.07, 6.45) is 1.27. The number of methoxy groups -OCH3 is 1. The van der Waals surface area contributed by atoms with Crippen LogP contribution in [0.1, 0.15) is 29.8 Å². The molecular formula is C19H24N4O3. The molecule has 2 heterocycles. The number of amides is 2. The van der Waals surface area contributed by atoms with Crippen LogP contribution in [0.5, 0.6) is 5.75 Å². The molecule has 2 N–H and O–H groups in total. The lowest BCUT2D eigenvalue weighted by Crippen LogP contribution is -2.37. The summed E-state index contributed by atoms with van der Waals surface area (Å²) in [4.78, 5) is 26.2. The molecule has 1 fully saturated rings. The van der Waals surface area contributed by atoms with Crippen molar-refractivity contribution in [3.63, 3.8) is 0 Å². The molecule has 7 nitrogen and oxygen atoms in total. The lowest BCUT2D eigenvalue weighted by atomic mass is 10.1. The SMILES string of the molecule is COc1ccc(N2CC(NC(=O)CCc3n[nH]c(C)c3C)CC2=O)cc1. The number of aromatic amines is 1. The van der Waals surface area contributed by atoms with Gasteiger partial charge in [-0.3, -0.25) is 14.7 Å². The van der Waals surface area contributed by atoms with Gasteiger partial charge in [-0.05, 0) is 43.7 Å². The lowest BCUT2D eigenvalue weighted by Gasteiger charge is -2.17. The Labute approximate surface area is 152 Å². The number of benzene rings is 1. The zero-order valence-electron chi connectivity index (χ0n) is 15.3. The van der Waals surface area contributed by atoms with Gasteiger partial charge in [0.25, 0.3) is 0 Å². The van der Waals surface area contributed by atoms with E-state index in [-0.39, 0.29) is 17.9 Å². The molecule has 1 aliphatic rings. The van der Waals surface area contributed by atoms with Gasteiger partial charge >= 0.3 is 0 Å². The van der Waals surface area contributed by atoms with Gasteiger partial charge in [-0.2, -0.15) is 5.10 Å². The molecular weight excluding hydrogens is 332 g/mol. The van der Waals surface area contributed by atoms with E-state index in [1.54, 1.807) is 12.0 Å². The molecule has 0 aliphatic carbocycles. The molecule has 138 valence electrons. The van der Waals surface area contributed by atoms with Crippen LogP contribution in [0.4, 0.5) is 5.69 Å². The second-order valence-electron chi connectivity index (χ2n) is 6.59. The first kappa shape index (κ1) is 18.0. The van der Waals surface area contributed by atoms with Gasteiger partial charge in [0.1, 0.15) is 5.75 Å². The number of nitrogens with one attached hydrogen (secondary N) is 2. The highest BCUT2D eigenvalue weighted by atomic mass is 16.5. The van der Waals surface area contributed by atoms with E-state index in [1.807, 2.05) is 38.1 Å². The third kappa shape index (κ3) is 3.87. The first-order valence-corrected chi connectivity index (χ1v) is 8.72. The molecule has 0 saturated carbocycles. The maximum absolute atomic E-state index is 12.3. The molecule has 1 aromatic carbocycles. The van der Waals surface area contributed by atoms with Gasteiger partial charge in [0.05, 0.1) is 18.8 Å². The normalized spacial score (nSPS) is 16.8. The average molecular weight is 356 g/mol. The van der Waals surface area contributed by atoms with Crippen molar-refractivity contribution in [2.24, 2.45) is 0 Å². The molecule has 1 aliphatic heterocycles. The smallest absolute Gasteiger partial charge is 0.229 e. The molecule has 1 saturated heterocycles. The van der Waals surface area contributed by atoms with Crippen molar-refractivity contribution in [3.05, 3.63) is 41.2 Å². The van der Waals surface area contributed by atoms with Gasteiger partial charge in [-0.15, -0.1) is 0 Å². The quantitative estimate of drug-likeness (QED) is 0.827. The van der Waals surface area contributed by atoms with Crippen molar-refractivity contribution in [1.82, 2.24) is 15.5 Å². The number of aromatic nitrogens is 2. The van der Waals surface area contributed by atoms with E-state index in [0.29, 0.717) is 25.8 Å². The van der Waals surface area contributed by atoms with E-state index in [2.05, 4.69) is 15.5 Å². The Kier molecular flexibility index (Phi) is 5.25. The fourth-order valence-corrected chi connectivity index (χ4v) is 3.13. The van der Waals surface area contributed by atoms with Gasteiger partial charge in [0.15, 0.2) is 0 Å². The van der Waals surface area contributed by atoms with E-state index in [4.69, 9.17) is 4.74 Å². The minimum atomic E-state index is -0.167. The number of nitrogens with zero attached hydrogens (tertiary/aromatic N) is 2. The number of carbonyl (C=O) groups is 2. The summed E-state index contributed by atoms with van der Waals surface area (Å²) in [7, 11) is 1.60. The second kappa shape index (κ2) is 7.59. The summed E-state index contributed by atoms with van der Waals surface area (Å²) in [5, 5.41) is 10.1. The summed E-state index contributed by atoms with van der Waals surface area (Å²) in [5.41, 5.74) is 3.85. The van der Waals surface area contributed by atoms with Crippen molar-refractivity contribution >= 4 is 17.5 Å². The highest BCUT2D eigenvalue weighted by molar-refractivity contribution is 5.96. The number of anilines is 1. The van der Waals surface area contributed by atoms with Crippen LogP contribution in [0.2, 0.25) is 0 Å². The van der Waals surface area contributed by atoms with Gasteiger partial charge in [-0.25, -0.2) is 0 Å². The van der Waals surface area contributed by atoms with Crippen LogP contribution >= 0.6 is 0 Å². The second-order valence-corrected chi connectivity index (χ2v) is 6.59. The molecule has 26 heavy (non-hydrogen) atoms. The lowest BCUT2D eigenvalue weighted by molar-refractivity contribution is -0.121. The molecule has 3 rings (SSSR count). The fourth-order valence-electron chi connectivity index (χ4n) is 3.13. The van der Waals surface area contributed by atoms with Crippen LogP contribution < -0.4 is 15.0 Å². The van der Waals surface area contributed by atoms with Crippen LogP contribution in [-0.2, 0) is 16.0 Å². The Morgan fingerprint density at radius 2 is 2.08 bits per heavy atom. The Bertz CT molecular complexity index is 798. The highest BCUT2D eigenvalue weighted by Crippen LogP contribution is 2.24. The highest BCUT2D eigenvalue weighted by Gasteiger charge is 2.31. The van der Waals surface area contributed by atoms with E-state index in [0.717, 1.165) is 28.4 Å². The van der Waals surface area contributed by atoms with Crippen LogP contribution in [-0.4, -0.2) is 41.7 Å². The topological polar surface area (TPSA) is 87.3 Å². The van der Waals surface area contributed by atoms with Crippen molar-refractivity contribution in [3.8, 4) is 5.75 Å². The maximum atomic E-state index is 12.3. The fraction of sp³-hybridized carbons (Fsp3) is 0.421. The number of H-pyrrole nitrogens is 1. The van der Waals surface area contributed by atoms with E-state index in [9.17, 15) is 9.59 Å². The van der Waals surface area contributed by atoms with E-state index >= 15 is 0 Å². The summed E-state index contributed by atoms with van der Waals surface area (Å²) < 4.78 is 5.14. The number of ether oxygens (including phenoxy) is 1. The van der Waals surface area contributed by atoms with E-state index in [1.165, 1.54) is 0 Å². The number of hydrogen-bond donors (Lipinski definition) is 2. The molecule has 7 heteroatoms. The van der Waals surface area contributed by atoms with Gasteiger partial charge in [0.2, 0.25) is 11.8 Å². The summed E-state index contributed by atoms with van der Waals surface area (Å²) in [6.45, 7) is 4.44. The van der Waals surface area contributed by atoms with Crippen LogP contribution in [0.25, 0.3) is 0 Å². The van der Waals surface area contributed by atoms with Crippen LogP contribution in [0, 0.1) is 13.8 Å². The van der Waals surface area contributed by atoms with Gasteiger partial charge in [-0.1, -0.05) is 0 Å². The van der Waals surface area contributed by atoms with Crippen molar-refractivity contribution < 1.29 is 14.3 Å². The molecule has 1 aromatic heterocycles. The monoisotopic (exact) mass is 356 g/mol. The number of hydrogen-bond acceptors (Lipinski definition) is 4. The van der Waals surface area contributed by atoms with Crippen molar-refractivity contribution in [2.75, 3.05) is 18.6 Å². The first-order valence-electron chi connectivity index (χ1n) is 8.72. The predicted molar refractivity (Wildman–Crippen MR) is 98.3 cm³/mol. The minimum absolute atomic E-state index is 0.0132. The third-order valence-electron chi connectivity index (χ3n) is 4.82. The summed E-state index contributed by atoms with van der Waals surface area (Å²) in [6, 6.07) is 7.18. The Morgan fingerprint density at radius 3 is 2.69 bits per heavy atom. The predicted octanol–water partition coefficient (Wildman–Crippen LogP) is 1.89. The van der Waals surface area contributed by atoms with Gasteiger partial charge < -0.3 is 15.0 Å². The molecule has 1 unspecified atom stereocenters. The van der Waals surface area contributed by atoms with Gasteiger partial charge in [0, 0.05) is 37.2 Å². The molecule has 0 radical (unpaired) electrons. The zero-order chi connectivity index (χ0) is 18.7. The first-order chi connectivity index (χ1) is 12.5. The number of aryl methyl sites for hydroxylation is 2. The summed E-state index contributed by atoms with van der Waals surface area (Å²) in [5.74, 6) is 0.702. The molecule has 2 aromatic rings. The zero-order valence-corrected chi connectivity index (χ0v) is 15.3. The third-order valence-corrected chi connectivity index (χ3v) is 4.82. The Hall–Kier alpha value is -2.83. The minimum Gasteiger partial charge on any atom is -0.497 e. The van der Waals surface area contributed by atoms with Crippen molar-refractivity contribution in [1.29, 1.82) is 0 Å². The number of rotatable bonds is 6. The Balaban J connectivity index is 1.53. The number of carbonyl (C=O) groups excluding carboxylic acids is 2. The van der Waals surface area contributed by atoms with Crippen LogP contribution in [0.3, 0.4) is 0 Å². The van der Waals surface area contributed by atoms with E-state index < -0.39 is 0 Å². The Morgan fingerprint density at radius 1 is 1.35 bits per heavy atom. The van der Waals surface area contributed by atoms with Crippen LogP contribution in [0.15, 0.2) is 24.3 Å². The standard InChI is InChI=1S/C19H24N4O3/c1-12-13(2)21-22-17(12)8-9-18(24)20-14-10-19(25)23(11-14)15-4-6-16(26-3)7-5-15/h4-7,14H,8-11H2,1-3H3,(H,20,24)(H,21,22). The molecule has 2 amide bonds. The largest absolute Gasteiger partial charge is 0.497 e. The van der Waals surface area contributed by atoms with Crippen molar-refractivity contribution in [2.45, 2.75) is 39.2 Å². The molecule has 1 atom stereocenters. The average Bonchev–Trinajstić information content (AvgIpc) is 3.16. The molecule has 0 bridgehead atoms. The maximum Gasteiger partial charge on any atom is 0.229 e.